The minimum atomic E-state index is -0.459. The lowest BCUT2D eigenvalue weighted by atomic mass is 10.2. The van der Waals surface area contributed by atoms with Crippen LogP contribution in [-0.2, 0) is 4.79 Å². The highest BCUT2D eigenvalue weighted by Gasteiger charge is 2.15. The Morgan fingerprint density at radius 2 is 2.11 bits per heavy atom. The lowest BCUT2D eigenvalue weighted by Gasteiger charge is -2.11. The number of anilines is 1. The molecule has 0 radical (unpaired) electrons. The van der Waals surface area contributed by atoms with E-state index >= 15 is 0 Å². The molecule has 0 aromatic carbocycles. The van der Waals surface area contributed by atoms with Crippen LogP contribution in [0.5, 0.6) is 0 Å². The topological polar surface area (TPSA) is 110 Å². The summed E-state index contributed by atoms with van der Waals surface area (Å²) >= 11 is 0. The number of carbonyl (C=O) groups is 2. The fourth-order valence-electron chi connectivity index (χ4n) is 1.41. The van der Waals surface area contributed by atoms with E-state index in [2.05, 4.69) is 20.6 Å². The summed E-state index contributed by atoms with van der Waals surface area (Å²) in [5.74, 6) is -0.0864. The van der Waals surface area contributed by atoms with Crippen molar-refractivity contribution in [2.45, 2.75) is 26.2 Å². The summed E-state index contributed by atoms with van der Waals surface area (Å²) in [6.07, 6.45) is 1.67. The highest BCUT2D eigenvalue weighted by molar-refractivity contribution is 5.97. The predicted octanol–water partition coefficient (Wildman–Crippen LogP) is 0.247. The van der Waals surface area contributed by atoms with Crippen LogP contribution in [0.25, 0.3) is 0 Å². The second-order valence-corrected chi connectivity index (χ2v) is 4.37. The highest BCUT2D eigenvalue weighted by atomic mass is 16.2. The van der Waals surface area contributed by atoms with Crippen molar-refractivity contribution in [1.82, 2.24) is 15.3 Å². The molecule has 0 bridgehead atoms. The number of hydrogen-bond acceptors (Lipinski definition) is 5. The fourth-order valence-corrected chi connectivity index (χ4v) is 1.41. The SMILES string of the molecule is CNc1cnc(C(C)C)nc1C(=O)NCCC(N)=O. The minimum Gasteiger partial charge on any atom is -0.385 e. The van der Waals surface area contributed by atoms with Crippen molar-refractivity contribution in [3.63, 3.8) is 0 Å². The molecule has 0 aliphatic rings. The first kappa shape index (κ1) is 14.9. The maximum absolute atomic E-state index is 12.0. The van der Waals surface area contributed by atoms with Crippen LogP contribution in [0.1, 0.15) is 42.5 Å². The Kier molecular flexibility index (Phi) is 5.23. The van der Waals surface area contributed by atoms with Gasteiger partial charge in [0.25, 0.3) is 5.91 Å². The Labute approximate surface area is 112 Å². The van der Waals surface area contributed by atoms with Gasteiger partial charge in [-0.1, -0.05) is 13.8 Å². The first-order chi connectivity index (χ1) is 8.95. The van der Waals surface area contributed by atoms with Gasteiger partial charge in [-0.3, -0.25) is 9.59 Å². The van der Waals surface area contributed by atoms with Crippen LogP contribution < -0.4 is 16.4 Å². The van der Waals surface area contributed by atoms with Crippen molar-refractivity contribution >= 4 is 17.5 Å². The molecule has 0 unspecified atom stereocenters. The van der Waals surface area contributed by atoms with Crippen LogP contribution in [0.15, 0.2) is 6.20 Å². The Morgan fingerprint density at radius 3 is 2.63 bits per heavy atom. The van der Waals surface area contributed by atoms with Crippen LogP contribution in [0.2, 0.25) is 0 Å². The van der Waals surface area contributed by atoms with Crippen molar-refractivity contribution in [2.24, 2.45) is 5.73 Å². The summed E-state index contributed by atoms with van der Waals surface area (Å²) in [6.45, 7) is 4.09. The lowest BCUT2D eigenvalue weighted by Crippen LogP contribution is -2.29. The standard InChI is InChI=1S/C12H19N5O2/c1-7(2)11-16-6-8(14-3)10(17-11)12(19)15-5-4-9(13)18/h6-7,14H,4-5H2,1-3H3,(H2,13,18)(H,15,19). The summed E-state index contributed by atoms with van der Waals surface area (Å²) in [4.78, 5) is 31.0. The van der Waals surface area contributed by atoms with Gasteiger partial charge in [0.15, 0.2) is 5.69 Å². The van der Waals surface area contributed by atoms with E-state index in [0.29, 0.717) is 11.5 Å². The first-order valence-electron chi connectivity index (χ1n) is 6.07. The van der Waals surface area contributed by atoms with E-state index in [1.165, 1.54) is 0 Å². The van der Waals surface area contributed by atoms with Gasteiger partial charge in [-0.05, 0) is 0 Å². The maximum atomic E-state index is 12.0. The molecule has 1 aromatic heterocycles. The van der Waals surface area contributed by atoms with E-state index in [1.807, 2.05) is 13.8 Å². The first-order valence-corrected chi connectivity index (χ1v) is 6.07. The van der Waals surface area contributed by atoms with Crippen LogP contribution in [0, 0.1) is 0 Å². The second-order valence-electron chi connectivity index (χ2n) is 4.37. The number of carbonyl (C=O) groups excluding carboxylic acids is 2. The van der Waals surface area contributed by atoms with Crippen molar-refractivity contribution in [3.8, 4) is 0 Å². The molecule has 2 amide bonds. The molecule has 0 saturated carbocycles. The summed E-state index contributed by atoms with van der Waals surface area (Å²) in [6, 6.07) is 0. The lowest BCUT2D eigenvalue weighted by molar-refractivity contribution is -0.117. The Bertz CT molecular complexity index is 473. The number of primary amides is 1. The highest BCUT2D eigenvalue weighted by Crippen LogP contribution is 2.15. The molecular formula is C12H19N5O2. The number of nitrogens with two attached hydrogens (primary N) is 1. The number of nitrogens with zero attached hydrogens (tertiary/aromatic N) is 2. The summed E-state index contributed by atoms with van der Waals surface area (Å²) in [5.41, 5.74) is 5.82. The number of hydrogen-bond donors (Lipinski definition) is 3. The van der Waals surface area contributed by atoms with Gasteiger partial charge in [0.1, 0.15) is 5.82 Å². The van der Waals surface area contributed by atoms with Crippen LogP contribution in [0.3, 0.4) is 0 Å². The molecule has 7 heteroatoms. The van der Waals surface area contributed by atoms with Crippen molar-refractivity contribution in [3.05, 3.63) is 17.7 Å². The fraction of sp³-hybridized carbons (Fsp3) is 0.500. The molecule has 0 fully saturated rings. The normalized spacial score (nSPS) is 10.3. The summed E-state index contributed by atoms with van der Waals surface area (Å²) in [5, 5.41) is 5.47. The monoisotopic (exact) mass is 265 g/mol. The van der Waals surface area contributed by atoms with Crippen molar-refractivity contribution in [1.29, 1.82) is 0 Å². The second kappa shape index (κ2) is 6.67. The molecule has 4 N–H and O–H groups in total. The average Bonchev–Trinajstić information content (AvgIpc) is 2.37. The quantitative estimate of drug-likeness (QED) is 0.682. The Morgan fingerprint density at radius 1 is 1.42 bits per heavy atom. The van der Waals surface area contributed by atoms with Crippen LogP contribution in [0.4, 0.5) is 5.69 Å². The van der Waals surface area contributed by atoms with Gasteiger partial charge in [-0.25, -0.2) is 9.97 Å². The summed E-state index contributed by atoms with van der Waals surface area (Å²) < 4.78 is 0. The number of aromatic nitrogens is 2. The molecule has 0 spiro atoms. The van der Waals surface area contributed by atoms with Crippen molar-refractivity contribution < 1.29 is 9.59 Å². The third-order valence-electron chi connectivity index (χ3n) is 2.47. The van der Waals surface area contributed by atoms with E-state index < -0.39 is 5.91 Å². The minimum absolute atomic E-state index is 0.0999. The van der Waals surface area contributed by atoms with Gasteiger partial charge in [-0.15, -0.1) is 0 Å². The number of rotatable bonds is 6. The zero-order chi connectivity index (χ0) is 14.4. The smallest absolute Gasteiger partial charge is 0.272 e. The van der Waals surface area contributed by atoms with E-state index in [4.69, 9.17) is 5.73 Å². The molecule has 0 saturated heterocycles. The number of nitrogens with one attached hydrogen (secondary N) is 2. The third kappa shape index (κ3) is 4.20. The molecular weight excluding hydrogens is 246 g/mol. The number of amides is 2. The van der Waals surface area contributed by atoms with Gasteiger partial charge in [0.2, 0.25) is 5.91 Å². The van der Waals surface area contributed by atoms with E-state index in [9.17, 15) is 9.59 Å². The third-order valence-corrected chi connectivity index (χ3v) is 2.47. The Hall–Kier alpha value is -2.18. The molecule has 0 aliphatic heterocycles. The van der Waals surface area contributed by atoms with Gasteiger partial charge in [0.05, 0.1) is 11.9 Å². The van der Waals surface area contributed by atoms with Gasteiger partial charge < -0.3 is 16.4 Å². The molecule has 1 rings (SSSR count). The molecule has 19 heavy (non-hydrogen) atoms. The zero-order valence-electron chi connectivity index (χ0n) is 11.4. The van der Waals surface area contributed by atoms with Crippen LogP contribution in [-0.4, -0.2) is 35.4 Å². The van der Waals surface area contributed by atoms with Gasteiger partial charge in [-0.2, -0.15) is 0 Å². The van der Waals surface area contributed by atoms with E-state index in [0.717, 1.165) is 0 Å². The molecule has 1 heterocycles. The Balaban J connectivity index is 2.86. The van der Waals surface area contributed by atoms with Crippen molar-refractivity contribution in [2.75, 3.05) is 18.9 Å². The molecule has 7 nitrogen and oxygen atoms in total. The van der Waals surface area contributed by atoms with Gasteiger partial charge >= 0.3 is 0 Å². The van der Waals surface area contributed by atoms with Gasteiger partial charge in [0, 0.05) is 25.9 Å². The molecule has 104 valence electrons. The largest absolute Gasteiger partial charge is 0.385 e. The molecule has 0 aliphatic carbocycles. The molecule has 0 atom stereocenters. The molecule has 1 aromatic rings. The average molecular weight is 265 g/mol. The maximum Gasteiger partial charge on any atom is 0.272 e. The van der Waals surface area contributed by atoms with E-state index in [1.54, 1.807) is 13.2 Å². The summed E-state index contributed by atoms with van der Waals surface area (Å²) in [7, 11) is 1.69. The predicted molar refractivity (Wildman–Crippen MR) is 71.8 cm³/mol. The van der Waals surface area contributed by atoms with E-state index in [-0.39, 0.29) is 30.5 Å². The van der Waals surface area contributed by atoms with Crippen LogP contribution >= 0.6 is 0 Å². The zero-order valence-corrected chi connectivity index (χ0v) is 11.4.